The Labute approximate surface area is 106 Å². The molecule has 1 heterocycles. The van der Waals surface area contributed by atoms with E-state index in [1.807, 2.05) is 0 Å². The van der Waals surface area contributed by atoms with Crippen molar-refractivity contribution in [1.29, 1.82) is 5.26 Å². The monoisotopic (exact) mass is 251 g/mol. The van der Waals surface area contributed by atoms with Crippen molar-refractivity contribution >= 4 is 11.8 Å². The Bertz CT molecular complexity index is 447. The van der Waals surface area contributed by atoms with Crippen molar-refractivity contribution in [2.45, 2.75) is 44.6 Å². The normalized spacial score (nSPS) is 25.9. The lowest BCUT2D eigenvalue weighted by Crippen LogP contribution is -1.92. The van der Waals surface area contributed by atoms with Gasteiger partial charge in [0.25, 0.3) is 0 Å². The second-order valence-corrected chi connectivity index (χ2v) is 6.88. The van der Waals surface area contributed by atoms with Crippen molar-refractivity contribution in [3.05, 3.63) is 11.7 Å². The fourth-order valence-corrected chi connectivity index (χ4v) is 2.63. The van der Waals surface area contributed by atoms with E-state index in [9.17, 15) is 0 Å². The van der Waals surface area contributed by atoms with Crippen molar-refractivity contribution in [2.24, 2.45) is 11.3 Å². The lowest BCUT2D eigenvalue weighted by Gasteiger charge is -1.99. The van der Waals surface area contributed by atoms with Crippen LogP contribution in [0.4, 0.5) is 0 Å². The Balaban J connectivity index is 2.03. The standard InChI is InChI=1S/C12H17N3OS/c1-7(2)17-6-9-14-11(16-15-9)10-8(5-13)12(10,3)4/h7-8,10H,6H2,1-4H3. The third-order valence-corrected chi connectivity index (χ3v) is 4.35. The quantitative estimate of drug-likeness (QED) is 0.823. The van der Waals surface area contributed by atoms with Gasteiger partial charge in [0.1, 0.15) is 0 Å². The van der Waals surface area contributed by atoms with Gasteiger partial charge in [-0.3, -0.25) is 0 Å². The number of nitrogens with zero attached hydrogens (tertiary/aromatic N) is 3. The van der Waals surface area contributed by atoms with E-state index in [1.54, 1.807) is 11.8 Å². The first kappa shape index (κ1) is 12.4. The molecule has 0 bridgehead atoms. The van der Waals surface area contributed by atoms with Gasteiger partial charge in [0.15, 0.2) is 5.82 Å². The fraction of sp³-hybridized carbons (Fsp3) is 0.750. The molecule has 1 saturated carbocycles. The summed E-state index contributed by atoms with van der Waals surface area (Å²) in [5.41, 5.74) is -0.0241. The fourth-order valence-electron chi connectivity index (χ4n) is 2.03. The molecule has 2 unspecified atom stereocenters. The Morgan fingerprint density at radius 3 is 2.76 bits per heavy atom. The topological polar surface area (TPSA) is 62.7 Å². The summed E-state index contributed by atoms with van der Waals surface area (Å²) >= 11 is 1.79. The SMILES string of the molecule is CC(C)SCc1noc(C2C(C#N)C2(C)C)n1. The molecule has 2 atom stereocenters. The van der Waals surface area contributed by atoms with E-state index < -0.39 is 0 Å². The van der Waals surface area contributed by atoms with Crippen LogP contribution in [0.1, 0.15) is 45.3 Å². The van der Waals surface area contributed by atoms with Crippen LogP contribution in [0, 0.1) is 22.7 Å². The average molecular weight is 251 g/mol. The van der Waals surface area contributed by atoms with Crippen LogP contribution in [0.15, 0.2) is 4.52 Å². The molecule has 1 aliphatic rings. The molecular weight excluding hydrogens is 234 g/mol. The number of nitriles is 1. The van der Waals surface area contributed by atoms with Crippen LogP contribution in [-0.4, -0.2) is 15.4 Å². The second kappa shape index (κ2) is 4.34. The van der Waals surface area contributed by atoms with Gasteiger partial charge in [0.05, 0.1) is 23.7 Å². The van der Waals surface area contributed by atoms with Crippen molar-refractivity contribution in [2.75, 3.05) is 0 Å². The number of aromatic nitrogens is 2. The largest absolute Gasteiger partial charge is 0.339 e. The molecule has 5 heteroatoms. The van der Waals surface area contributed by atoms with E-state index in [0.717, 1.165) is 11.6 Å². The molecule has 0 aliphatic heterocycles. The van der Waals surface area contributed by atoms with Crippen LogP contribution in [-0.2, 0) is 5.75 Å². The summed E-state index contributed by atoms with van der Waals surface area (Å²) < 4.78 is 5.26. The van der Waals surface area contributed by atoms with Gasteiger partial charge in [-0.05, 0) is 10.7 Å². The van der Waals surface area contributed by atoms with Gasteiger partial charge >= 0.3 is 0 Å². The Morgan fingerprint density at radius 2 is 2.24 bits per heavy atom. The molecule has 2 rings (SSSR count). The molecule has 1 aromatic rings. The van der Waals surface area contributed by atoms with Crippen molar-refractivity contribution in [3.8, 4) is 6.07 Å². The van der Waals surface area contributed by atoms with Crippen molar-refractivity contribution < 1.29 is 4.52 Å². The summed E-state index contributed by atoms with van der Waals surface area (Å²) in [7, 11) is 0. The lowest BCUT2D eigenvalue weighted by atomic mass is 10.1. The highest BCUT2D eigenvalue weighted by molar-refractivity contribution is 7.99. The number of thioether (sulfide) groups is 1. The molecule has 0 saturated heterocycles. The molecule has 0 amide bonds. The number of rotatable bonds is 4. The molecular formula is C12H17N3OS. The van der Waals surface area contributed by atoms with Crippen LogP contribution in [0.2, 0.25) is 0 Å². The van der Waals surface area contributed by atoms with Gasteiger partial charge in [-0.15, -0.1) is 0 Å². The Kier molecular flexibility index (Phi) is 3.17. The first-order valence-corrected chi connectivity index (χ1v) is 6.85. The molecule has 92 valence electrons. The van der Waals surface area contributed by atoms with E-state index >= 15 is 0 Å². The maximum atomic E-state index is 9.01. The molecule has 0 radical (unpaired) electrons. The second-order valence-electron chi connectivity index (χ2n) is 5.31. The highest BCUT2D eigenvalue weighted by atomic mass is 32.2. The Hall–Kier alpha value is -1.02. The molecule has 0 N–H and O–H groups in total. The molecule has 1 aromatic heterocycles. The van der Waals surface area contributed by atoms with Crippen molar-refractivity contribution in [3.63, 3.8) is 0 Å². The van der Waals surface area contributed by atoms with Crippen LogP contribution in [0.5, 0.6) is 0 Å². The molecule has 0 spiro atoms. The van der Waals surface area contributed by atoms with Crippen LogP contribution in [0.25, 0.3) is 0 Å². The highest BCUT2D eigenvalue weighted by Crippen LogP contribution is 2.63. The van der Waals surface area contributed by atoms with Crippen LogP contribution in [0.3, 0.4) is 0 Å². The van der Waals surface area contributed by atoms with E-state index in [4.69, 9.17) is 9.78 Å². The van der Waals surface area contributed by atoms with Crippen LogP contribution >= 0.6 is 11.8 Å². The first-order valence-electron chi connectivity index (χ1n) is 5.80. The van der Waals surface area contributed by atoms with Gasteiger partial charge in [0.2, 0.25) is 5.89 Å². The lowest BCUT2D eigenvalue weighted by molar-refractivity contribution is 0.364. The predicted molar refractivity (Wildman–Crippen MR) is 66.4 cm³/mol. The van der Waals surface area contributed by atoms with E-state index in [1.165, 1.54) is 0 Å². The zero-order chi connectivity index (χ0) is 12.6. The minimum absolute atomic E-state index is 0.00792. The molecule has 0 aromatic carbocycles. The molecule has 4 nitrogen and oxygen atoms in total. The summed E-state index contributed by atoms with van der Waals surface area (Å²) in [6.07, 6.45) is 0. The highest BCUT2D eigenvalue weighted by Gasteiger charge is 2.62. The third kappa shape index (κ3) is 2.32. The zero-order valence-electron chi connectivity index (χ0n) is 10.6. The third-order valence-electron chi connectivity index (χ3n) is 3.26. The van der Waals surface area contributed by atoms with Crippen LogP contribution < -0.4 is 0 Å². The zero-order valence-corrected chi connectivity index (χ0v) is 11.4. The number of hydrogen-bond acceptors (Lipinski definition) is 5. The summed E-state index contributed by atoms with van der Waals surface area (Å²) in [6, 6.07) is 2.30. The number of hydrogen-bond donors (Lipinski definition) is 0. The summed E-state index contributed by atoms with van der Waals surface area (Å²) in [6.45, 7) is 8.42. The summed E-state index contributed by atoms with van der Waals surface area (Å²) in [4.78, 5) is 4.39. The minimum atomic E-state index is -0.0241. The van der Waals surface area contributed by atoms with E-state index in [-0.39, 0.29) is 17.3 Å². The molecule has 1 aliphatic carbocycles. The van der Waals surface area contributed by atoms with E-state index in [2.05, 4.69) is 43.9 Å². The summed E-state index contributed by atoms with van der Waals surface area (Å²) in [5.74, 6) is 2.25. The maximum Gasteiger partial charge on any atom is 0.231 e. The minimum Gasteiger partial charge on any atom is -0.339 e. The summed E-state index contributed by atoms with van der Waals surface area (Å²) in [5, 5.41) is 13.5. The van der Waals surface area contributed by atoms with Gasteiger partial charge in [-0.1, -0.05) is 32.9 Å². The molecule has 1 fully saturated rings. The maximum absolute atomic E-state index is 9.01. The average Bonchev–Trinajstić information content (AvgIpc) is 2.62. The van der Waals surface area contributed by atoms with E-state index in [0.29, 0.717) is 11.1 Å². The smallest absolute Gasteiger partial charge is 0.231 e. The first-order chi connectivity index (χ1) is 7.96. The predicted octanol–water partition coefficient (Wildman–Crippen LogP) is 2.97. The molecule has 17 heavy (non-hydrogen) atoms. The van der Waals surface area contributed by atoms with Crippen molar-refractivity contribution in [1.82, 2.24) is 10.1 Å². The van der Waals surface area contributed by atoms with Gasteiger partial charge in [0, 0.05) is 0 Å². The van der Waals surface area contributed by atoms with Gasteiger partial charge in [-0.25, -0.2) is 0 Å². The van der Waals surface area contributed by atoms with Gasteiger partial charge in [-0.2, -0.15) is 22.0 Å². The van der Waals surface area contributed by atoms with Gasteiger partial charge < -0.3 is 4.52 Å². The Morgan fingerprint density at radius 1 is 1.53 bits per heavy atom.